The van der Waals surface area contributed by atoms with Gasteiger partial charge < -0.3 is 4.90 Å². The summed E-state index contributed by atoms with van der Waals surface area (Å²) in [7, 11) is 0. The number of carbonyl (C=O) groups is 1. The standard InChI is InChI=1S/C10H16ClF2NOS/c11-4-5-14(7-9(12)13)10(15)8-3-1-2-6-16-8/h8-9H,1-7H2. The lowest BCUT2D eigenvalue weighted by Gasteiger charge is -2.28. The minimum absolute atomic E-state index is 0.143. The fourth-order valence-electron chi connectivity index (χ4n) is 1.70. The van der Waals surface area contributed by atoms with E-state index in [0.717, 1.165) is 25.0 Å². The highest BCUT2D eigenvalue weighted by Gasteiger charge is 2.27. The van der Waals surface area contributed by atoms with Crippen molar-refractivity contribution in [3.8, 4) is 0 Å². The van der Waals surface area contributed by atoms with Crippen LogP contribution in [0.3, 0.4) is 0 Å². The van der Waals surface area contributed by atoms with Gasteiger partial charge in [-0.1, -0.05) is 6.42 Å². The van der Waals surface area contributed by atoms with Gasteiger partial charge in [-0.25, -0.2) is 8.78 Å². The lowest BCUT2D eigenvalue weighted by Crippen LogP contribution is -2.42. The number of amides is 1. The highest BCUT2D eigenvalue weighted by atomic mass is 35.5. The average Bonchev–Trinajstić information content (AvgIpc) is 2.28. The van der Waals surface area contributed by atoms with Crippen molar-refractivity contribution in [2.45, 2.75) is 30.9 Å². The molecule has 0 N–H and O–H groups in total. The van der Waals surface area contributed by atoms with Crippen LogP contribution in [0.25, 0.3) is 0 Å². The van der Waals surface area contributed by atoms with Crippen molar-refractivity contribution in [3.63, 3.8) is 0 Å². The number of rotatable bonds is 5. The molecule has 0 bridgehead atoms. The number of hydrogen-bond donors (Lipinski definition) is 0. The van der Waals surface area contributed by atoms with Gasteiger partial charge in [0.1, 0.15) is 0 Å². The minimum Gasteiger partial charge on any atom is -0.335 e. The van der Waals surface area contributed by atoms with Crippen LogP contribution < -0.4 is 0 Å². The van der Waals surface area contributed by atoms with E-state index < -0.39 is 13.0 Å². The summed E-state index contributed by atoms with van der Waals surface area (Å²) in [5.41, 5.74) is 0. The zero-order valence-electron chi connectivity index (χ0n) is 9.00. The monoisotopic (exact) mass is 271 g/mol. The van der Waals surface area contributed by atoms with Gasteiger partial charge in [-0.3, -0.25) is 4.79 Å². The molecule has 94 valence electrons. The van der Waals surface area contributed by atoms with Gasteiger partial charge in [0.25, 0.3) is 6.43 Å². The van der Waals surface area contributed by atoms with Crippen LogP contribution in [0.1, 0.15) is 19.3 Å². The van der Waals surface area contributed by atoms with E-state index >= 15 is 0 Å². The van der Waals surface area contributed by atoms with Gasteiger partial charge in [0.15, 0.2) is 0 Å². The third-order valence-electron chi connectivity index (χ3n) is 2.48. The fraction of sp³-hybridized carbons (Fsp3) is 0.900. The van der Waals surface area contributed by atoms with Gasteiger partial charge in [0, 0.05) is 12.4 Å². The summed E-state index contributed by atoms with van der Waals surface area (Å²) in [6.07, 6.45) is 0.428. The first kappa shape index (κ1) is 14.0. The van der Waals surface area contributed by atoms with Gasteiger partial charge in [-0.15, -0.1) is 23.4 Å². The maximum absolute atomic E-state index is 12.3. The van der Waals surface area contributed by atoms with Crippen molar-refractivity contribution in [2.75, 3.05) is 24.7 Å². The largest absolute Gasteiger partial charge is 0.335 e. The Bertz CT molecular complexity index is 225. The molecule has 0 aromatic rings. The molecule has 1 atom stereocenters. The molecule has 0 aliphatic carbocycles. The summed E-state index contributed by atoms with van der Waals surface area (Å²) < 4.78 is 24.6. The van der Waals surface area contributed by atoms with Gasteiger partial charge in [0.05, 0.1) is 11.8 Å². The summed E-state index contributed by atoms with van der Waals surface area (Å²) >= 11 is 7.09. The normalized spacial score (nSPS) is 21.1. The Morgan fingerprint density at radius 1 is 1.50 bits per heavy atom. The number of nitrogens with zero attached hydrogens (tertiary/aromatic N) is 1. The Kier molecular flexibility index (Phi) is 6.43. The molecule has 1 aliphatic rings. The van der Waals surface area contributed by atoms with Gasteiger partial charge >= 0.3 is 0 Å². The number of hydrogen-bond acceptors (Lipinski definition) is 2. The molecule has 1 rings (SSSR count). The molecular formula is C10H16ClF2NOS. The molecule has 1 amide bonds. The van der Waals surface area contributed by atoms with E-state index in [1.54, 1.807) is 11.8 Å². The topological polar surface area (TPSA) is 20.3 Å². The van der Waals surface area contributed by atoms with Crippen LogP contribution in [0.15, 0.2) is 0 Å². The maximum atomic E-state index is 12.3. The molecule has 0 spiro atoms. The zero-order chi connectivity index (χ0) is 12.0. The number of halogens is 3. The Hall–Kier alpha value is -0.0300. The molecule has 0 saturated carbocycles. The summed E-state index contributed by atoms with van der Waals surface area (Å²) in [5.74, 6) is 0.973. The first-order chi connectivity index (χ1) is 7.65. The first-order valence-corrected chi connectivity index (χ1v) is 6.98. The molecule has 0 aromatic carbocycles. The van der Waals surface area contributed by atoms with Crippen LogP contribution in [0.4, 0.5) is 8.78 Å². The smallest absolute Gasteiger partial charge is 0.255 e. The second-order valence-corrected chi connectivity index (χ2v) is 5.41. The molecular weight excluding hydrogens is 256 g/mol. The molecule has 0 radical (unpaired) electrons. The maximum Gasteiger partial charge on any atom is 0.255 e. The number of thioether (sulfide) groups is 1. The minimum atomic E-state index is -2.49. The Morgan fingerprint density at radius 3 is 2.75 bits per heavy atom. The third-order valence-corrected chi connectivity index (χ3v) is 4.01. The SMILES string of the molecule is O=C(C1CCCCS1)N(CCCl)CC(F)F. The number of alkyl halides is 3. The van der Waals surface area contributed by atoms with Gasteiger partial charge in [-0.2, -0.15) is 0 Å². The lowest BCUT2D eigenvalue weighted by atomic mass is 10.1. The highest BCUT2D eigenvalue weighted by Crippen LogP contribution is 2.26. The van der Waals surface area contributed by atoms with Crippen molar-refractivity contribution < 1.29 is 13.6 Å². The predicted molar refractivity (Wildman–Crippen MR) is 63.4 cm³/mol. The van der Waals surface area contributed by atoms with Crippen molar-refractivity contribution in [1.29, 1.82) is 0 Å². The summed E-state index contributed by atoms with van der Waals surface area (Å²) in [4.78, 5) is 13.1. The molecule has 2 nitrogen and oxygen atoms in total. The van der Waals surface area contributed by atoms with E-state index in [-0.39, 0.29) is 23.6 Å². The molecule has 1 saturated heterocycles. The van der Waals surface area contributed by atoms with Crippen LogP contribution in [-0.2, 0) is 4.79 Å². The van der Waals surface area contributed by atoms with Gasteiger partial charge in [0.2, 0.25) is 5.91 Å². The van der Waals surface area contributed by atoms with E-state index in [1.807, 2.05) is 0 Å². The molecule has 1 unspecified atom stereocenters. The quantitative estimate of drug-likeness (QED) is 0.717. The van der Waals surface area contributed by atoms with Crippen molar-refractivity contribution in [2.24, 2.45) is 0 Å². The van der Waals surface area contributed by atoms with Gasteiger partial charge in [-0.05, 0) is 18.6 Å². The first-order valence-electron chi connectivity index (χ1n) is 5.39. The predicted octanol–water partition coefficient (Wildman–Crippen LogP) is 2.60. The molecule has 1 aliphatic heterocycles. The molecule has 1 fully saturated rings. The summed E-state index contributed by atoms with van der Waals surface area (Å²) in [6, 6.07) is 0. The Morgan fingerprint density at radius 2 is 2.25 bits per heavy atom. The van der Waals surface area contributed by atoms with E-state index in [2.05, 4.69) is 0 Å². The molecule has 6 heteroatoms. The van der Waals surface area contributed by atoms with Crippen LogP contribution in [-0.4, -0.2) is 47.2 Å². The number of carbonyl (C=O) groups excluding carboxylic acids is 1. The van der Waals surface area contributed by atoms with E-state index in [4.69, 9.17) is 11.6 Å². The van der Waals surface area contributed by atoms with Crippen molar-refractivity contribution >= 4 is 29.3 Å². The van der Waals surface area contributed by atoms with E-state index in [1.165, 1.54) is 4.90 Å². The Labute approximate surface area is 104 Å². The molecule has 16 heavy (non-hydrogen) atoms. The molecule has 0 aromatic heterocycles. The van der Waals surface area contributed by atoms with Crippen LogP contribution in [0.2, 0.25) is 0 Å². The second-order valence-electron chi connectivity index (χ2n) is 3.72. The van der Waals surface area contributed by atoms with Crippen LogP contribution in [0, 0.1) is 0 Å². The fourth-order valence-corrected chi connectivity index (χ4v) is 3.18. The lowest BCUT2D eigenvalue weighted by molar-refractivity contribution is -0.132. The van der Waals surface area contributed by atoms with Crippen molar-refractivity contribution in [1.82, 2.24) is 4.90 Å². The van der Waals surface area contributed by atoms with Crippen molar-refractivity contribution in [3.05, 3.63) is 0 Å². The third kappa shape index (κ3) is 4.45. The van der Waals surface area contributed by atoms with E-state index in [9.17, 15) is 13.6 Å². The summed E-state index contributed by atoms with van der Waals surface area (Å²) in [5, 5.41) is -0.143. The zero-order valence-corrected chi connectivity index (χ0v) is 10.6. The summed E-state index contributed by atoms with van der Waals surface area (Å²) in [6.45, 7) is -0.287. The highest BCUT2D eigenvalue weighted by molar-refractivity contribution is 8.00. The van der Waals surface area contributed by atoms with E-state index in [0.29, 0.717) is 0 Å². The van der Waals surface area contributed by atoms with Crippen LogP contribution in [0.5, 0.6) is 0 Å². The average molecular weight is 272 g/mol. The second kappa shape index (κ2) is 7.33. The molecule has 1 heterocycles. The Balaban J connectivity index is 2.50. The van der Waals surface area contributed by atoms with Crippen LogP contribution >= 0.6 is 23.4 Å².